The van der Waals surface area contributed by atoms with Gasteiger partial charge in [0.05, 0.1) is 11.9 Å². The van der Waals surface area contributed by atoms with Gasteiger partial charge in [-0.15, -0.1) is 0 Å². The van der Waals surface area contributed by atoms with Crippen molar-refractivity contribution < 1.29 is 18.0 Å². The number of hydrogen-bond acceptors (Lipinski definition) is 4. The number of hydrogen-bond donors (Lipinski definition) is 1. The Morgan fingerprint density at radius 1 is 0.881 bits per heavy atom. The second-order valence-corrected chi connectivity index (χ2v) is 13.1. The van der Waals surface area contributed by atoms with Crippen LogP contribution < -0.4 is 9.62 Å². The lowest BCUT2D eigenvalue weighted by Gasteiger charge is -2.33. The number of aryl methyl sites for hydroxylation is 3. The number of nitrogens with one attached hydrogen (secondary N) is 1. The molecule has 0 aliphatic rings. The Kier molecular flexibility index (Phi) is 11.7. The van der Waals surface area contributed by atoms with Crippen LogP contribution in [0.5, 0.6) is 0 Å². The molecule has 0 saturated heterocycles. The minimum Gasteiger partial charge on any atom is -0.352 e. The number of rotatable bonds is 14. The van der Waals surface area contributed by atoms with Crippen LogP contribution in [-0.2, 0) is 32.6 Å². The summed E-state index contributed by atoms with van der Waals surface area (Å²) in [4.78, 5) is 29.3. The molecule has 8 heteroatoms. The lowest BCUT2D eigenvalue weighted by molar-refractivity contribution is -0.141. The molecule has 226 valence electrons. The van der Waals surface area contributed by atoms with Gasteiger partial charge in [-0.25, -0.2) is 8.42 Å². The molecule has 0 aromatic heterocycles. The third kappa shape index (κ3) is 9.44. The fourth-order valence-corrected chi connectivity index (χ4v) is 5.84. The lowest BCUT2D eigenvalue weighted by Crippen LogP contribution is -2.52. The molecule has 0 bridgehead atoms. The van der Waals surface area contributed by atoms with Gasteiger partial charge in [0.15, 0.2) is 0 Å². The molecule has 42 heavy (non-hydrogen) atoms. The van der Waals surface area contributed by atoms with Crippen molar-refractivity contribution in [2.24, 2.45) is 0 Å². The molecule has 2 atom stereocenters. The van der Waals surface area contributed by atoms with Crippen molar-refractivity contribution in [3.63, 3.8) is 0 Å². The Labute approximate surface area is 252 Å². The first-order valence-corrected chi connectivity index (χ1v) is 16.5. The predicted molar refractivity (Wildman–Crippen MR) is 171 cm³/mol. The molecule has 7 nitrogen and oxygen atoms in total. The molecule has 0 radical (unpaired) electrons. The van der Waals surface area contributed by atoms with Crippen LogP contribution in [0.15, 0.2) is 72.8 Å². The van der Waals surface area contributed by atoms with Crippen LogP contribution >= 0.6 is 0 Å². The Morgan fingerprint density at radius 2 is 1.57 bits per heavy atom. The Morgan fingerprint density at radius 3 is 2.19 bits per heavy atom. The smallest absolute Gasteiger partial charge is 0.243 e. The Balaban J connectivity index is 1.90. The highest BCUT2D eigenvalue weighted by Gasteiger charge is 2.31. The first kappa shape index (κ1) is 32.9. The summed E-state index contributed by atoms with van der Waals surface area (Å²) in [5.74, 6) is -0.382. The lowest BCUT2D eigenvalue weighted by atomic mass is 10.0. The van der Waals surface area contributed by atoms with E-state index in [-0.39, 0.29) is 37.4 Å². The number of nitrogens with zero attached hydrogens (tertiary/aromatic N) is 2. The molecular formula is C34H45N3O4S. The fraction of sp³-hybridized carbons (Fsp3) is 0.412. The van der Waals surface area contributed by atoms with Gasteiger partial charge in [-0.1, -0.05) is 73.2 Å². The summed E-state index contributed by atoms with van der Waals surface area (Å²) < 4.78 is 26.8. The van der Waals surface area contributed by atoms with Crippen LogP contribution in [0.1, 0.15) is 60.9 Å². The van der Waals surface area contributed by atoms with Gasteiger partial charge in [-0.2, -0.15) is 0 Å². The van der Waals surface area contributed by atoms with Crippen molar-refractivity contribution in [2.45, 2.75) is 78.9 Å². The summed E-state index contributed by atoms with van der Waals surface area (Å²) in [6, 6.07) is 22.5. The summed E-state index contributed by atoms with van der Waals surface area (Å²) in [5.41, 5.74) is 5.62. The average Bonchev–Trinajstić information content (AvgIpc) is 2.94. The first-order valence-electron chi connectivity index (χ1n) is 14.6. The van der Waals surface area contributed by atoms with E-state index >= 15 is 0 Å². The van der Waals surface area contributed by atoms with Crippen molar-refractivity contribution in [3.05, 3.63) is 101 Å². The summed E-state index contributed by atoms with van der Waals surface area (Å²) in [6.07, 6.45) is 2.75. The average molecular weight is 592 g/mol. The van der Waals surface area contributed by atoms with Crippen molar-refractivity contribution >= 4 is 27.5 Å². The van der Waals surface area contributed by atoms with E-state index in [4.69, 9.17) is 0 Å². The largest absolute Gasteiger partial charge is 0.352 e. The van der Waals surface area contributed by atoms with E-state index < -0.39 is 16.1 Å². The van der Waals surface area contributed by atoms with E-state index in [1.165, 1.54) is 10.6 Å². The van der Waals surface area contributed by atoms with E-state index in [2.05, 4.69) is 5.32 Å². The van der Waals surface area contributed by atoms with Gasteiger partial charge in [-0.3, -0.25) is 13.9 Å². The van der Waals surface area contributed by atoms with E-state index in [9.17, 15) is 18.0 Å². The number of benzene rings is 3. The monoisotopic (exact) mass is 591 g/mol. The van der Waals surface area contributed by atoms with Gasteiger partial charge in [0.2, 0.25) is 21.8 Å². The zero-order valence-electron chi connectivity index (χ0n) is 25.8. The van der Waals surface area contributed by atoms with Gasteiger partial charge >= 0.3 is 0 Å². The second-order valence-electron chi connectivity index (χ2n) is 11.2. The number of sulfonamides is 1. The van der Waals surface area contributed by atoms with Crippen LogP contribution in [0.2, 0.25) is 0 Å². The van der Waals surface area contributed by atoms with Gasteiger partial charge in [0.1, 0.15) is 6.04 Å². The van der Waals surface area contributed by atoms with Crippen LogP contribution in [0, 0.1) is 20.8 Å². The molecule has 3 rings (SSSR count). The summed E-state index contributed by atoms with van der Waals surface area (Å²) in [5, 5.41) is 3.09. The molecule has 0 heterocycles. The fourth-order valence-electron chi connectivity index (χ4n) is 4.89. The maximum absolute atomic E-state index is 14.0. The molecule has 1 N–H and O–H groups in total. The highest BCUT2D eigenvalue weighted by Crippen LogP contribution is 2.23. The van der Waals surface area contributed by atoms with E-state index in [1.807, 2.05) is 101 Å². The van der Waals surface area contributed by atoms with Gasteiger partial charge < -0.3 is 10.2 Å². The maximum atomic E-state index is 14.0. The third-order valence-corrected chi connectivity index (χ3v) is 8.83. The number of amides is 2. The number of anilines is 1. The second kappa shape index (κ2) is 15.0. The molecule has 3 aromatic rings. The zero-order valence-corrected chi connectivity index (χ0v) is 26.6. The topological polar surface area (TPSA) is 86.8 Å². The quantitative estimate of drug-likeness (QED) is 0.260. The highest BCUT2D eigenvalue weighted by molar-refractivity contribution is 7.92. The first-order chi connectivity index (χ1) is 19.9. The van der Waals surface area contributed by atoms with Crippen molar-refractivity contribution in [1.82, 2.24) is 10.2 Å². The van der Waals surface area contributed by atoms with E-state index in [0.717, 1.165) is 34.2 Å². The van der Waals surface area contributed by atoms with Crippen LogP contribution in [-0.4, -0.2) is 50.0 Å². The summed E-state index contributed by atoms with van der Waals surface area (Å²) >= 11 is 0. The Bertz CT molecular complexity index is 1460. The summed E-state index contributed by atoms with van der Waals surface area (Å²) in [7, 11) is -3.56. The van der Waals surface area contributed by atoms with Crippen LogP contribution in [0.25, 0.3) is 0 Å². The predicted octanol–water partition coefficient (Wildman–Crippen LogP) is 5.71. The minimum absolute atomic E-state index is 0.0343. The van der Waals surface area contributed by atoms with Crippen LogP contribution in [0.3, 0.4) is 0 Å². The Hall–Kier alpha value is -3.65. The SMILES string of the molecule is CC[C@@H](C)NC(=O)[C@@H](Cc1ccccc1)N(Cc1cccc(C)c1)C(=O)CCCN(c1ccc(C)c(C)c1)S(C)(=O)=O. The molecular weight excluding hydrogens is 546 g/mol. The van der Waals surface area contributed by atoms with Crippen molar-refractivity contribution in [1.29, 1.82) is 0 Å². The minimum atomic E-state index is -3.56. The highest BCUT2D eigenvalue weighted by atomic mass is 32.2. The normalized spacial score (nSPS) is 12.8. The molecule has 0 spiro atoms. The summed E-state index contributed by atoms with van der Waals surface area (Å²) in [6.45, 7) is 10.3. The molecule has 0 aliphatic carbocycles. The third-order valence-electron chi connectivity index (χ3n) is 7.64. The molecule has 0 saturated carbocycles. The van der Waals surface area contributed by atoms with Gasteiger partial charge in [0, 0.05) is 32.0 Å². The molecule has 2 amide bonds. The van der Waals surface area contributed by atoms with E-state index in [1.54, 1.807) is 11.0 Å². The maximum Gasteiger partial charge on any atom is 0.243 e. The molecule has 0 unspecified atom stereocenters. The van der Waals surface area contributed by atoms with Crippen molar-refractivity contribution in [2.75, 3.05) is 17.1 Å². The number of carbonyl (C=O) groups is 2. The molecule has 3 aromatic carbocycles. The van der Waals surface area contributed by atoms with Gasteiger partial charge in [0.25, 0.3) is 0 Å². The number of carbonyl (C=O) groups excluding carboxylic acids is 2. The van der Waals surface area contributed by atoms with E-state index in [0.29, 0.717) is 18.5 Å². The molecule has 0 aliphatic heterocycles. The molecule has 0 fully saturated rings. The standard InChI is InChI=1S/C34H45N3O4S/c1-7-28(5)35-34(39)32(23-29-14-9-8-10-15-29)36(24-30-16-11-13-25(2)21-30)33(38)17-12-20-37(42(6,40)41)31-19-18-26(3)27(4)22-31/h8-11,13-16,18-19,21-22,28,32H,7,12,17,20,23-24H2,1-6H3,(H,35,39)/t28-,32-/m1/s1. The zero-order chi connectivity index (χ0) is 30.9. The van der Waals surface area contributed by atoms with Crippen molar-refractivity contribution in [3.8, 4) is 0 Å². The van der Waals surface area contributed by atoms with Crippen LogP contribution in [0.4, 0.5) is 5.69 Å². The van der Waals surface area contributed by atoms with Gasteiger partial charge in [-0.05, 0) is 74.9 Å².